The molecule has 0 aliphatic carbocycles. The zero-order valence-corrected chi connectivity index (χ0v) is 11.6. The average Bonchev–Trinajstić information content (AvgIpc) is 2.52. The Bertz CT molecular complexity index is 698. The van der Waals surface area contributed by atoms with Crippen LogP contribution in [-0.4, -0.2) is 24.2 Å². The van der Waals surface area contributed by atoms with Crippen LogP contribution in [-0.2, 0) is 0 Å². The molecule has 1 aromatic carbocycles. The Labute approximate surface area is 123 Å². The molecule has 0 saturated carbocycles. The summed E-state index contributed by atoms with van der Waals surface area (Å²) in [6.45, 7) is 0. The van der Waals surface area contributed by atoms with Gasteiger partial charge in [-0.15, -0.1) is 4.91 Å². The molecule has 116 valence electrons. The highest BCUT2D eigenvalue weighted by Gasteiger charge is 2.21. The van der Waals surface area contributed by atoms with E-state index in [-0.39, 0.29) is 29.0 Å². The molecule has 8 nitrogen and oxygen atoms in total. The van der Waals surface area contributed by atoms with Crippen molar-refractivity contribution in [2.45, 2.75) is 0 Å². The van der Waals surface area contributed by atoms with Crippen molar-refractivity contribution in [3.63, 3.8) is 0 Å². The lowest BCUT2D eigenvalue weighted by Gasteiger charge is -2.13. The van der Waals surface area contributed by atoms with Crippen LogP contribution < -0.4 is 20.5 Å². The van der Waals surface area contributed by atoms with Gasteiger partial charge in [-0.2, -0.15) is 4.98 Å². The summed E-state index contributed by atoms with van der Waals surface area (Å²) >= 11 is 0. The second-order valence-electron chi connectivity index (χ2n) is 3.96. The van der Waals surface area contributed by atoms with Crippen LogP contribution in [0, 0.1) is 16.5 Å². The number of halogens is 2. The average molecular weight is 311 g/mol. The van der Waals surface area contributed by atoms with E-state index in [0.29, 0.717) is 0 Å². The quantitative estimate of drug-likeness (QED) is 0.816. The molecule has 0 radical (unpaired) electrons. The molecule has 0 bridgehead atoms. The number of methoxy groups -OCH3 is 2. The van der Waals surface area contributed by atoms with Crippen LogP contribution in [0.1, 0.15) is 0 Å². The summed E-state index contributed by atoms with van der Waals surface area (Å²) in [6, 6.07) is 1.06. The second kappa shape index (κ2) is 6.16. The lowest BCUT2D eigenvalue weighted by atomic mass is 10.2. The molecule has 1 aromatic heterocycles. The minimum atomic E-state index is -0.999. The number of nitrogen functional groups attached to an aromatic ring is 1. The maximum atomic E-state index is 14.1. The predicted molar refractivity (Wildman–Crippen MR) is 74.6 cm³/mol. The zero-order chi connectivity index (χ0) is 16.3. The number of anilines is 3. The number of benzene rings is 1. The molecule has 0 saturated heterocycles. The van der Waals surface area contributed by atoms with E-state index in [1.54, 1.807) is 0 Å². The van der Waals surface area contributed by atoms with Crippen LogP contribution in [0.15, 0.2) is 17.4 Å². The third-order valence-electron chi connectivity index (χ3n) is 2.71. The topological polar surface area (TPSA) is 112 Å². The number of hydrogen-bond donors (Lipinski definition) is 2. The Kier molecular flexibility index (Phi) is 4.30. The number of rotatable bonds is 5. The normalized spacial score (nSPS) is 10.2. The van der Waals surface area contributed by atoms with Gasteiger partial charge in [0.05, 0.1) is 20.4 Å². The maximum Gasteiger partial charge on any atom is 0.229 e. The number of nitroso groups, excluding NO2 is 1. The summed E-state index contributed by atoms with van der Waals surface area (Å²) in [7, 11) is 2.44. The van der Waals surface area contributed by atoms with Crippen LogP contribution in [0.2, 0.25) is 0 Å². The molecule has 3 N–H and O–H groups in total. The second-order valence-corrected chi connectivity index (χ2v) is 3.96. The van der Waals surface area contributed by atoms with Gasteiger partial charge in [-0.05, 0) is 5.18 Å². The molecule has 0 atom stereocenters. The fraction of sp³-hybridized carbons (Fsp3) is 0.167. The first-order valence-corrected chi connectivity index (χ1v) is 5.84. The SMILES string of the molecule is COc1cc(OC)c(F)c(Nc2ncc(N=O)c(N)n2)c1F. The molecule has 22 heavy (non-hydrogen) atoms. The molecule has 0 spiro atoms. The van der Waals surface area contributed by atoms with E-state index >= 15 is 0 Å². The zero-order valence-electron chi connectivity index (χ0n) is 11.6. The first-order valence-electron chi connectivity index (χ1n) is 5.84. The van der Waals surface area contributed by atoms with Crippen LogP contribution >= 0.6 is 0 Å². The van der Waals surface area contributed by atoms with Crippen molar-refractivity contribution >= 4 is 23.1 Å². The van der Waals surface area contributed by atoms with Gasteiger partial charge in [-0.3, -0.25) is 0 Å². The summed E-state index contributed by atoms with van der Waals surface area (Å²) in [5.41, 5.74) is 4.69. The van der Waals surface area contributed by atoms with Crippen molar-refractivity contribution < 1.29 is 18.3 Å². The minimum Gasteiger partial charge on any atom is -0.493 e. The molecular formula is C12H11F2N5O3. The fourth-order valence-electron chi connectivity index (χ4n) is 1.63. The van der Waals surface area contributed by atoms with Crippen LogP contribution in [0.3, 0.4) is 0 Å². The summed E-state index contributed by atoms with van der Waals surface area (Å²) in [5.74, 6) is -2.93. The molecule has 0 amide bonds. The van der Waals surface area contributed by atoms with E-state index in [4.69, 9.17) is 15.2 Å². The van der Waals surface area contributed by atoms with Crippen molar-refractivity contribution in [1.82, 2.24) is 9.97 Å². The number of nitrogens with one attached hydrogen (secondary N) is 1. The van der Waals surface area contributed by atoms with Gasteiger partial charge in [0.25, 0.3) is 0 Å². The van der Waals surface area contributed by atoms with Gasteiger partial charge in [-0.1, -0.05) is 0 Å². The number of nitrogens with two attached hydrogens (primary N) is 1. The molecule has 0 fully saturated rings. The Hall–Kier alpha value is -3.04. The molecule has 2 rings (SSSR count). The molecule has 0 aliphatic rings. The van der Waals surface area contributed by atoms with E-state index in [1.165, 1.54) is 14.2 Å². The molecule has 0 aliphatic heterocycles. The van der Waals surface area contributed by atoms with Gasteiger partial charge < -0.3 is 20.5 Å². The van der Waals surface area contributed by atoms with Crippen molar-refractivity contribution in [2.75, 3.05) is 25.3 Å². The smallest absolute Gasteiger partial charge is 0.229 e. The number of hydrogen-bond acceptors (Lipinski definition) is 8. The number of aromatic nitrogens is 2. The Morgan fingerprint density at radius 1 is 1.23 bits per heavy atom. The van der Waals surface area contributed by atoms with Crippen molar-refractivity contribution in [1.29, 1.82) is 0 Å². The van der Waals surface area contributed by atoms with Gasteiger partial charge in [0.2, 0.25) is 5.95 Å². The summed E-state index contributed by atoms with van der Waals surface area (Å²) in [5, 5.41) is 4.92. The van der Waals surface area contributed by atoms with Crippen molar-refractivity contribution in [3.05, 3.63) is 28.8 Å². The Morgan fingerprint density at radius 3 is 2.27 bits per heavy atom. The lowest BCUT2D eigenvalue weighted by Crippen LogP contribution is -2.06. The first kappa shape index (κ1) is 15.4. The molecule has 1 heterocycles. The molecule has 2 aromatic rings. The van der Waals surface area contributed by atoms with Crippen molar-refractivity contribution in [2.24, 2.45) is 5.18 Å². The molecule has 10 heteroatoms. The first-order chi connectivity index (χ1) is 10.5. The molecule has 0 unspecified atom stereocenters. The van der Waals surface area contributed by atoms with Crippen molar-refractivity contribution in [3.8, 4) is 11.5 Å². The number of ether oxygens (including phenoxy) is 2. The Morgan fingerprint density at radius 2 is 1.82 bits per heavy atom. The lowest BCUT2D eigenvalue weighted by molar-refractivity contribution is 0.360. The van der Waals surface area contributed by atoms with E-state index < -0.39 is 17.3 Å². The highest BCUT2D eigenvalue weighted by Crippen LogP contribution is 2.36. The summed E-state index contributed by atoms with van der Waals surface area (Å²) < 4.78 is 37.9. The third-order valence-corrected chi connectivity index (χ3v) is 2.71. The summed E-state index contributed by atoms with van der Waals surface area (Å²) in [4.78, 5) is 17.8. The van der Waals surface area contributed by atoms with E-state index in [9.17, 15) is 13.7 Å². The fourth-order valence-corrected chi connectivity index (χ4v) is 1.63. The highest BCUT2D eigenvalue weighted by molar-refractivity contribution is 5.64. The largest absolute Gasteiger partial charge is 0.493 e. The predicted octanol–water partition coefficient (Wildman–Crippen LogP) is 2.50. The van der Waals surface area contributed by atoms with Gasteiger partial charge in [0, 0.05) is 6.07 Å². The van der Waals surface area contributed by atoms with E-state index in [0.717, 1.165) is 12.3 Å². The number of nitrogens with zero attached hydrogens (tertiary/aromatic N) is 3. The molecular weight excluding hydrogens is 300 g/mol. The standard InChI is InChI=1S/C12H11F2N5O3/c1-21-6-3-7(22-2)9(14)10(8(6)13)17-12-16-4-5(19-20)11(15)18-12/h3-4H,1-2H3,(H3,15,16,17,18). The van der Waals surface area contributed by atoms with Gasteiger partial charge in [0.15, 0.2) is 34.6 Å². The third kappa shape index (κ3) is 2.71. The van der Waals surface area contributed by atoms with Gasteiger partial charge in [-0.25, -0.2) is 13.8 Å². The monoisotopic (exact) mass is 311 g/mol. The highest BCUT2D eigenvalue weighted by atomic mass is 19.1. The minimum absolute atomic E-state index is 0.185. The maximum absolute atomic E-state index is 14.1. The van der Waals surface area contributed by atoms with E-state index in [1.807, 2.05) is 0 Å². The Balaban J connectivity index is 2.48. The van der Waals surface area contributed by atoms with Crippen LogP contribution in [0.5, 0.6) is 11.5 Å². The van der Waals surface area contributed by atoms with Crippen LogP contribution in [0.4, 0.5) is 31.9 Å². The van der Waals surface area contributed by atoms with Crippen LogP contribution in [0.25, 0.3) is 0 Å². The summed E-state index contributed by atoms with van der Waals surface area (Å²) in [6.07, 6.45) is 1.02. The van der Waals surface area contributed by atoms with Gasteiger partial charge >= 0.3 is 0 Å². The van der Waals surface area contributed by atoms with Gasteiger partial charge in [0.1, 0.15) is 5.69 Å². The van der Waals surface area contributed by atoms with E-state index in [2.05, 4.69) is 20.5 Å².